The maximum atomic E-state index is 12.7. The average Bonchev–Trinajstić information content (AvgIpc) is 2.60. The highest BCUT2D eigenvalue weighted by Gasteiger charge is 2.21. The fourth-order valence-corrected chi connectivity index (χ4v) is 3.20. The van der Waals surface area contributed by atoms with Crippen LogP contribution in [0.1, 0.15) is 22.8 Å². The van der Waals surface area contributed by atoms with Crippen molar-refractivity contribution in [2.45, 2.75) is 13.3 Å². The third-order valence-corrected chi connectivity index (χ3v) is 4.96. The van der Waals surface area contributed by atoms with Gasteiger partial charge in [0.05, 0.1) is 22.2 Å². The molecule has 1 atom stereocenters. The molecule has 2 N–H and O–H groups in total. The van der Waals surface area contributed by atoms with Crippen LogP contribution in [0.25, 0.3) is 0 Å². The van der Waals surface area contributed by atoms with Gasteiger partial charge in [-0.1, -0.05) is 53.7 Å². The Hall–Kier alpha value is -2.31. The standard InChI is InChI=1S/C19H18ClNO4S/c1-12(22)26-11-15(9-13-5-3-2-4-6-13)18(23)21-17-10-14(19(24)25)7-8-16(17)20/h2-8,10,15H,9,11H2,1H3,(H,21,23)(H,24,25). The van der Waals surface area contributed by atoms with E-state index < -0.39 is 11.9 Å². The number of carbonyl (C=O) groups excluding carboxylic acids is 2. The molecule has 2 aromatic carbocycles. The molecule has 0 radical (unpaired) electrons. The molecule has 0 saturated carbocycles. The number of hydrogen-bond donors (Lipinski definition) is 2. The second-order valence-electron chi connectivity index (χ2n) is 5.68. The number of nitrogens with one attached hydrogen (secondary N) is 1. The molecular formula is C19H18ClNO4S. The van der Waals surface area contributed by atoms with Crippen molar-refractivity contribution < 1.29 is 19.5 Å². The fraction of sp³-hybridized carbons (Fsp3) is 0.211. The summed E-state index contributed by atoms with van der Waals surface area (Å²) in [5.41, 5.74) is 1.24. The van der Waals surface area contributed by atoms with E-state index >= 15 is 0 Å². The summed E-state index contributed by atoms with van der Waals surface area (Å²) < 4.78 is 0. The third kappa shape index (κ3) is 5.89. The molecule has 26 heavy (non-hydrogen) atoms. The number of thioether (sulfide) groups is 1. The van der Waals surface area contributed by atoms with Gasteiger partial charge in [0.1, 0.15) is 0 Å². The number of carboxylic acids is 1. The molecule has 2 aromatic rings. The maximum absolute atomic E-state index is 12.7. The lowest BCUT2D eigenvalue weighted by molar-refractivity contribution is -0.119. The molecule has 0 saturated heterocycles. The van der Waals surface area contributed by atoms with Crippen LogP contribution in [-0.4, -0.2) is 27.9 Å². The molecule has 0 spiro atoms. The first-order valence-corrected chi connectivity index (χ1v) is 9.24. The summed E-state index contributed by atoms with van der Waals surface area (Å²) in [4.78, 5) is 35.1. The van der Waals surface area contributed by atoms with Crippen molar-refractivity contribution in [1.29, 1.82) is 0 Å². The fourth-order valence-electron chi connectivity index (χ4n) is 2.33. The number of hydrogen-bond acceptors (Lipinski definition) is 4. The number of anilines is 1. The first-order chi connectivity index (χ1) is 12.4. The zero-order valence-electron chi connectivity index (χ0n) is 14.1. The van der Waals surface area contributed by atoms with E-state index in [-0.39, 0.29) is 27.3 Å². The van der Waals surface area contributed by atoms with Crippen LogP contribution in [0.4, 0.5) is 5.69 Å². The Morgan fingerprint density at radius 2 is 1.85 bits per heavy atom. The first kappa shape index (κ1) is 20.0. The van der Waals surface area contributed by atoms with E-state index in [0.29, 0.717) is 12.2 Å². The first-order valence-electron chi connectivity index (χ1n) is 7.88. The van der Waals surface area contributed by atoms with Crippen LogP contribution < -0.4 is 5.32 Å². The molecule has 2 rings (SSSR count). The van der Waals surface area contributed by atoms with Crippen LogP contribution in [0.3, 0.4) is 0 Å². The predicted molar refractivity (Wildman–Crippen MR) is 104 cm³/mol. The Kier molecular flexibility index (Phi) is 7.24. The van der Waals surface area contributed by atoms with E-state index in [1.165, 1.54) is 25.1 Å². The Labute approximate surface area is 160 Å². The number of rotatable bonds is 7. The third-order valence-electron chi connectivity index (χ3n) is 3.65. The Bertz CT molecular complexity index is 810. The van der Waals surface area contributed by atoms with E-state index in [4.69, 9.17) is 16.7 Å². The molecule has 0 bridgehead atoms. The van der Waals surface area contributed by atoms with E-state index in [9.17, 15) is 14.4 Å². The van der Waals surface area contributed by atoms with Gasteiger partial charge in [0, 0.05) is 12.7 Å². The molecule has 0 aliphatic rings. The molecule has 0 aliphatic heterocycles. The van der Waals surface area contributed by atoms with Crippen molar-refractivity contribution in [1.82, 2.24) is 0 Å². The molecule has 7 heteroatoms. The summed E-state index contributed by atoms with van der Waals surface area (Å²) >= 11 is 7.15. The smallest absolute Gasteiger partial charge is 0.335 e. The lowest BCUT2D eigenvalue weighted by Crippen LogP contribution is -2.27. The largest absolute Gasteiger partial charge is 0.478 e. The maximum Gasteiger partial charge on any atom is 0.335 e. The number of halogens is 1. The second kappa shape index (κ2) is 9.40. The molecule has 0 heterocycles. The van der Waals surface area contributed by atoms with Gasteiger partial charge in [-0.15, -0.1) is 0 Å². The van der Waals surface area contributed by atoms with Gasteiger partial charge in [0.2, 0.25) is 5.91 Å². The van der Waals surface area contributed by atoms with Crippen molar-refractivity contribution in [3.05, 3.63) is 64.7 Å². The summed E-state index contributed by atoms with van der Waals surface area (Å²) in [5.74, 6) is -1.56. The van der Waals surface area contributed by atoms with Crippen LogP contribution >= 0.6 is 23.4 Å². The van der Waals surface area contributed by atoms with Crippen molar-refractivity contribution in [2.75, 3.05) is 11.1 Å². The molecule has 0 fully saturated rings. The van der Waals surface area contributed by atoms with Gasteiger partial charge in [-0.05, 0) is 30.2 Å². The quantitative estimate of drug-likeness (QED) is 0.741. The minimum atomic E-state index is -1.11. The second-order valence-corrected chi connectivity index (χ2v) is 7.28. The van der Waals surface area contributed by atoms with Gasteiger partial charge in [-0.2, -0.15) is 0 Å². The SMILES string of the molecule is CC(=O)SCC(Cc1ccccc1)C(=O)Nc1cc(C(=O)O)ccc1Cl. The van der Waals surface area contributed by atoms with Crippen LogP contribution in [0.15, 0.2) is 48.5 Å². The highest BCUT2D eigenvalue weighted by atomic mass is 35.5. The zero-order chi connectivity index (χ0) is 19.1. The number of benzene rings is 2. The van der Waals surface area contributed by atoms with Gasteiger partial charge in [0.15, 0.2) is 5.12 Å². The topological polar surface area (TPSA) is 83.5 Å². The molecule has 5 nitrogen and oxygen atoms in total. The number of amides is 1. The highest BCUT2D eigenvalue weighted by molar-refractivity contribution is 8.13. The van der Waals surface area contributed by atoms with Gasteiger partial charge in [-0.25, -0.2) is 4.79 Å². The average molecular weight is 392 g/mol. The predicted octanol–water partition coefficient (Wildman–Crippen LogP) is 4.12. The summed E-state index contributed by atoms with van der Waals surface area (Å²) in [5, 5.41) is 12.0. The van der Waals surface area contributed by atoms with Gasteiger partial charge < -0.3 is 10.4 Å². The normalized spacial score (nSPS) is 11.6. The van der Waals surface area contributed by atoms with Gasteiger partial charge in [0.25, 0.3) is 0 Å². The monoisotopic (exact) mass is 391 g/mol. The van der Waals surface area contributed by atoms with Crippen molar-refractivity contribution in [2.24, 2.45) is 5.92 Å². The summed E-state index contributed by atoms with van der Waals surface area (Å²) in [7, 11) is 0. The Morgan fingerprint density at radius 3 is 2.46 bits per heavy atom. The molecule has 136 valence electrons. The molecule has 0 aromatic heterocycles. The summed E-state index contributed by atoms with van der Waals surface area (Å²) in [6.45, 7) is 1.45. The molecular weight excluding hydrogens is 374 g/mol. The van der Waals surface area contributed by atoms with Crippen LogP contribution in [0.5, 0.6) is 0 Å². The van der Waals surface area contributed by atoms with Crippen LogP contribution in [-0.2, 0) is 16.0 Å². The van der Waals surface area contributed by atoms with Crippen LogP contribution in [0, 0.1) is 5.92 Å². The lowest BCUT2D eigenvalue weighted by Gasteiger charge is -2.17. The minimum Gasteiger partial charge on any atom is -0.478 e. The summed E-state index contributed by atoms with van der Waals surface area (Å²) in [6.07, 6.45) is 0.462. The van der Waals surface area contributed by atoms with Gasteiger partial charge in [-0.3, -0.25) is 9.59 Å². The lowest BCUT2D eigenvalue weighted by atomic mass is 10.00. The van der Waals surface area contributed by atoms with Gasteiger partial charge >= 0.3 is 5.97 Å². The minimum absolute atomic E-state index is 0.0300. The number of carboxylic acid groups (broad SMARTS) is 1. The number of aromatic carboxylic acids is 1. The summed E-state index contributed by atoms with van der Waals surface area (Å²) in [6, 6.07) is 13.6. The van der Waals surface area contributed by atoms with Crippen molar-refractivity contribution >= 4 is 46.0 Å². The van der Waals surface area contributed by atoms with Crippen molar-refractivity contribution in [3.8, 4) is 0 Å². The van der Waals surface area contributed by atoms with Crippen LogP contribution in [0.2, 0.25) is 5.02 Å². The Balaban J connectivity index is 2.18. The van der Waals surface area contributed by atoms with Crippen molar-refractivity contribution in [3.63, 3.8) is 0 Å². The Morgan fingerprint density at radius 1 is 1.15 bits per heavy atom. The molecule has 1 amide bonds. The molecule has 0 aliphatic carbocycles. The van der Waals surface area contributed by atoms with E-state index in [1.807, 2.05) is 30.3 Å². The highest BCUT2D eigenvalue weighted by Crippen LogP contribution is 2.25. The van der Waals surface area contributed by atoms with E-state index in [1.54, 1.807) is 0 Å². The zero-order valence-corrected chi connectivity index (χ0v) is 15.6. The van der Waals surface area contributed by atoms with E-state index in [2.05, 4.69) is 5.32 Å². The number of carbonyl (C=O) groups is 3. The van der Waals surface area contributed by atoms with E-state index in [0.717, 1.165) is 17.3 Å². The molecule has 1 unspecified atom stereocenters.